The van der Waals surface area contributed by atoms with Gasteiger partial charge in [-0.05, 0) is 48.0 Å². The number of halogens is 2. The fraction of sp³-hybridized carbons (Fsp3) is 0.188. The Labute approximate surface area is 164 Å². The molecule has 0 aliphatic rings. The molecule has 0 spiro atoms. The first kappa shape index (κ1) is 18.6. The molecule has 1 aromatic carbocycles. The molecule has 1 N–H and O–H groups in total. The van der Waals surface area contributed by atoms with Crippen LogP contribution in [0.5, 0.6) is 0 Å². The maximum atomic E-state index is 12.2. The number of amides is 1. The average molecular weight is 409 g/mol. The maximum Gasteiger partial charge on any atom is 0.236 e. The third-order valence-corrected chi connectivity index (χ3v) is 4.97. The van der Waals surface area contributed by atoms with Gasteiger partial charge in [-0.25, -0.2) is 4.98 Å². The van der Waals surface area contributed by atoms with Crippen LogP contribution in [-0.4, -0.2) is 36.9 Å². The zero-order valence-corrected chi connectivity index (χ0v) is 16.2. The van der Waals surface area contributed by atoms with Crippen molar-refractivity contribution in [3.8, 4) is 5.69 Å². The molecule has 0 atom stereocenters. The summed E-state index contributed by atoms with van der Waals surface area (Å²) in [6, 6.07) is 9.31. The second kappa shape index (κ2) is 8.03. The van der Waals surface area contributed by atoms with Gasteiger partial charge < -0.3 is 5.32 Å². The number of nitrogens with one attached hydrogen (secondary N) is 1. The maximum absolute atomic E-state index is 12.2. The van der Waals surface area contributed by atoms with E-state index in [1.165, 1.54) is 11.8 Å². The van der Waals surface area contributed by atoms with Crippen molar-refractivity contribution in [2.75, 3.05) is 11.1 Å². The summed E-state index contributed by atoms with van der Waals surface area (Å²) in [6.45, 7) is 3.72. The van der Waals surface area contributed by atoms with Gasteiger partial charge in [0.05, 0.1) is 27.2 Å². The molecule has 26 heavy (non-hydrogen) atoms. The van der Waals surface area contributed by atoms with E-state index in [-0.39, 0.29) is 22.5 Å². The van der Waals surface area contributed by atoms with Crippen LogP contribution in [0.25, 0.3) is 5.69 Å². The van der Waals surface area contributed by atoms with Crippen molar-refractivity contribution in [3.63, 3.8) is 0 Å². The Balaban J connectivity index is 1.68. The number of carbonyl (C=O) groups is 1. The van der Waals surface area contributed by atoms with Gasteiger partial charge in [0.1, 0.15) is 0 Å². The van der Waals surface area contributed by atoms with Crippen LogP contribution in [0.1, 0.15) is 11.3 Å². The second-order valence-corrected chi connectivity index (χ2v) is 7.19. The number of nitrogens with zero attached hydrogens (tertiary/aromatic N) is 5. The molecular weight excluding hydrogens is 395 g/mol. The molecule has 2 aromatic heterocycles. The Bertz CT molecular complexity index is 962. The van der Waals surface area contributed by atoms with Crippen LogP contribution in [0.3, 0.4) is 0 Å². The Morgan fingerprint density at radius 3 is 2.81 bits per heavy atom. The number of carbonyl (C=O) groups excluding carboxylic acids is 1. The van der Waals surface area contributed by atoms with Crippen LogP contribution in [-0.2, 0) is 4.79 Å². The van der Waals surface area contributed by atoms with E-state index in [9.17, 15) is 4.79 Å². The Morgan fingerprint density at radius 2 is 2.04 bits per heavy atom. The molecule has 2 heterocycles. The van der Waals surface area contributed by atoms with Crippen LogP contribution < -0.4 is 5.32 Å². The highest BCUT2D eigenvalue weighted by Crippen LogP contribution is 2.26. The van der Waals surface area contributed by atoms with E-state index in [2.05, 4.69) is 25.8 Å². The number of rotatable bonds is 5. The fourth-order valence-electron chi connectivity index (χ4n) is 2.14. The molecule has 134 valence electrons. The van der Waals surface area contributed by atoms with Crippen molar-refractivity contribution >= 4 is 46.7 Å². The smallest absolute Gasteiger partial charge is 0.236 e. The number of hydrogen-bond donors (Lipinski definition) is 1. The summed E-state index contributed by atoms with van der Waals surface area (Å²) < 4.78 is 1.59. The highest BCUT2D eigenvalue weighted by molar-refractivity contribution is 7.99. The summed E-state index contributed by atoms with van der Waals surface area (Å²) in [4.78, 5) is 16.4. The van der Waals surface area contributed by atoms with Crippen LogP contribution in [0.2, 0.25) is 10.0 Å². The third kappa shape index (κ3) is 4.32. The second-order valence-electron chi connectivity index (χ2n) is 5.44. The van der Waals surface area contributed by atoms with Crippen molar-refractivity contribution in [1.82, 2.24) is 25.2 Å². The van der Waals surface area contributed by atoms with Crippen LogP contribution >= 0.6 is 35.0 Å². The van der Waals surface area contributed by atoms with Crippen molar-refractivity contribution in [1.29, 1.82) is 0 Å². The molecular formula is C16H14Cl2N6OS. The van der Waals surface area contributed by atoms with Gasteiger partial charge >= 0.3 is 0 Å². The topological polar surface area (TPSA) is 85.6 Å². The molecule has 0 radical (unpaired) electrons. The van der Waals surface area contributed by atoms with Gasteiger partial charge in [-0.3, -0.25) is 4.79 Å². The molecule has 0 bridgehead atoms. The quantitative estimate of drug-likeness (QED) is 0.647. The molecule has 0 aliphatic heterocycles. The Morgan fingerprint density at radius 1 is 1.23 bits per heavy atom. The number of thioether (sulfide) groups is 1. The van der Waals surface area contributed by atoms with Crippen LogP contribution in [0.4, 0.5) is 5.82 Å². The van der Waals surface area contributed by atoms with Gasteiger partial charge in [0.25, 0.3) is 0 Å². The predicted molar refractivity (Wildman–Crippen MR) is 102 cm³/mol. The molecule has 0 saturated carbocycles. The van der Waals surface area contributed by atoms with Gasteiger partial charge in [-0.1, -0.05) is 47.1 Å². The normalized spacial score (nSPS) is 10.8. The number of aromatic nitrogens is 5. The van der Waals surface area contributed by atoms with E-state index in [0.717, 1.165) is 11.3 Å². The largest absolute Gasteiger partial charge is 0.309 e. The summed E-state index contributed by atoms with van der Waals surface area (Å²) in [6.07, 6.45) is 0. The minimum Gasteiger partial charge on any atom is -0.309 e. The van der Waals surface area contributed by atoms with E-state index in [4.69, 9.17) is 23.2 Å². The van der Waals surface area contributed by atoms with E-state index in [1.54, 1.807) is 17.7 Å². The van der Waals surface area contributed by atoms with E-state index < -0.39 is 0 Å². The molecule has 0 fully saturated rings. The van der Waals surface area contributed by atoms with Crippen LogP contribution in [0, 0.1) is 13.8 Å². The monoisotopic (exact) mass is 408 g/mol. The summed E-state index contributed by atoms with van der Waals surface area (Å²) >= 11 is 13.2. The molecule has 3 rings (SSSR count). The van der Waals surface area contributed by atoms with Crippen molar-refractivity contribution < 1.29 is 4.79 Å². The van der Waals surface area contributed by atoms with Gasteiger partial charge in [-0.2, -0.15) is 4.68 Å². The summed E-state index contributed by atoms with van der Waals surface area (Å²) in [5.74, 6) is 0.105. The Kier molecular flexibility index (Phi) is 5.75. The minimum absolute atomic E-state index is 0.103. The average Bonchev–Trinajstić information content (AvgIpc) is 3.06. The standard InChI is InChI=1S/C16H14Cl2N6OS/c1-9-4-3-5-11(6-9)24-16(21-22-23-24)26-8-14(25)20-15-13(18)7-12(17)10(2)19-15/h3-7H,8H2,1-2H3,(H,19,20,25). The molecule has 0 unspecified atom stereocenters. The van der Waals surface area contributed by atoms with Gasteiger partial charge in [0, 0.05) is 0 Å². The van der Waals surface area contributed by atoms with Crippen molar-refractivity contribution in [3.05, 3.63) is 51.6 Å². The van der Waals surface area contributed by atoms with Crippen molar-refractivity contribution in [2.45, 2.75) is 19.0 Å². The summed E-state index contributed by atoms with van der Waals surface area (Å²) in [5, 5.41) is 15.5. The van der Waals surface area contributed by atoms with E-state index in [0.29, 0.717) is 15.9 Å². The highest BCUT2D eigenvalue weighted by Gasteiger charge is 2.14. The van der Waals surface area contributed by atoms with E-state index in [1.807, 2.05) is 31.2 Å². The van der Waals surface area contributed by atoms with Crippen LogP contribution in [0.15, 0.2) is 35.5 Å². The number of tetrazole rings is 1. The summed E-state index contributed by atoms with van der Waals surface area (Å²) in [7, 11) is 0. The lowest BCUT2D eigenvalue weighted by Crippen LogP contribution is -2.16. The summed E-state index contributed by atoms with van der Waals surface area (Å²) in [5.41, 5.74) is 2.50. The number of benzene rings is 1. The SMILES string of the molecule is Cc1cccc(-n2nnnc2SCC(=O)Nc2nc(C)c(Cl)cc2Cl)c1. The van der Waals surface area contributed by atoms with Crippen molar-refractivity contribution in [2.24, 2.45) is 0 Å². The lowest BCUT2D eigenvalue weighted by molar-refractivity contribution is -0.113. The molecule has 3 aromatic rings. The zero-order valence-electron chi connectivity index (χ0n) is 13.9. The first-order valence-corrected chi connectivity index (χ1v) is 9.29. The number of pyridine rings is 1. The van der Waals surface area contributed by atoms with Gasteiger partial charge in [-0.15, -0.1) is 5.10 Å². The zero-order chi connectivity index (χ0) is 18.7. The minimum atomic E-state index is -0.273. The van der Waals surface area contributed by atoms with E-state index >= 15 is 0 Å². The number of anilines is 1. The fourth-order valence-corrected chi connectivity index (χ4v) is 3.23. The highest BCUT2D eigenvalue weighted by atomic mass is 35.5. The lowest BCUT2D eigenvalue weighted by atomic mass is 10.2. The molecule has 0 aliphatic carbocycles. The number of aryl methyl sites for hydroxylation is 2. The Hall–Kier alpha value is -2.16. The molecule has 10 heteroatoms. The molecule has 7 nitrogen and oxygen atoms in total. The lowest BCUT2D eigenvalue weighted by Gasteiger charge is -2.08. The molecule has 0 saturated heterocycles. The first-order chi connectivity index (χ1) is 12.4. The van der Waals surface area contributed by atoms with Gasteiger partial charge in [0.2, 0.25) is 11.1 Å². The number of hydrogen-bond acceptors (Lipinski definition) is 6. The molecule has 1 amide bonds. The van der Waals surface area contributed by atoms with Gasteiger partial charge in [0.15, 0.2) is 5.82 Å². The first-order valence-electron chi connectivity index (χ1n) is 7.55. The third-order valence-electron chi connectivity index (χ3n) is 3.38. The predicted octanol–water partition coefficient (Wildman–Crippen LogP) is 3.71.